The number of halogens is 3. The van der Waals surface area contributed by atoms with E-state index in [1.54, 1.807) is 7.11 Å². The van der Waals surface area contributed by atoms with Gasteiger partial charge in [-0.1, -0.05) is 30.4 Å². The fourth-order valence-corrected chi connectivity index (χ4v) is 2.39. The zero-order valence-corrected chi connectivity index (χ0v) is 14.5. The van der Waals surface area contributed by atoms with Crippen LogP contribution in [0.3, 0.4) is 0 Å². The Balaban J connectivity index is 3.23. The van der Waals surface area contributed by atoms with Crippen LogP contribution in [0.2, 0.25) is 0 Å². The Morgan fingerprint density at radius 1 is 1.08 bits per heavy atom. The zero-order chi connectivity index (χ0) is 18.2. The Morgan fingerprint density at radius 3 is 2.12 bits per heavy atom. The number of methoxy groups -OCH3 is 1. The molecule has 0 spiro atoms. The molecule has 2 nitrogen and oxygen atoms in total. The van der Waals surface area contributed by atoms with E-state index in [0.29, 0.717) is 13.2 Å². The first-order valence-corrected chi connectivity index (χ1v) is 7.78. The predicted octanol–water partition coefficient (Wildman–Crippen LogP) is 5.49. The minimum atomic E-state index is -4.33. The van der Waals surface area contributed by atoms with Crippen LogP contribution in [0.1, 0.15) is 31.9 Å². The molecule has 0 amide bonds. The van der Waals surface area contributed by atoms with Crippen LogP contribution in [0, 0.1) is 0 Å². The Kier molecular flexibility index (Phi) is 7.79. The SMILES string of the molecule is C/C=C\C(=C\C)N(CCOC)/C(=C\C)c1ccc(C(F)(F)F)cc1. The summed E-state index contributed by atoms with van der Waals surface area (Å²) >= 11 is 0. The van der Waals surface area contributed by atoms with Crippen molar-refractivity contribution in [3.05, 3.63) is 65.4 Å². The lowest BCUT2D eigenvalue weighted by Gasteiger charge is -2.29. The third-order valence-electron chi connectivity index (χ3n) is 3.54. The lowest BCUT2D eigenvalue weighted by atomic mass is 10.1. The van der Waals surface area contributed by atoms with Gasteiger partial charge in [0.25, 0.3) is 0 Å². The van der Waals surface area contributed by atoms with Crippen molar-refractivity contribution in [3.63, 3.8) is 0 Å². The highest BCUT2D eigenvalue weighted by Crippen LogP contribution is 2.31. The van der Waals surface area contributed by atoms with Gasteiger partial charge in [0.2, 0.25) is 0 Å². The monoisotopic (exact) mass is 339 g/mol. The summed E-state index contributed by atoms with van der Waals surface area (Å²) in [5.41, 5.74) is 1.88. The largest absolute Gasteiger partial charge is 0.416 e. The summed E-state index contributed by atoms with van der Waals surface area (Å²) in [7, 11) is 1.62. The van der Waals surface area contributed by atoms with Crippen molar-refractivity contribution in [3.8, 4) is 0 Å². The number of ether oxygens (including phenoxy) is 1. The summed E-state index contributed by atoms with van der Waals surface area (Å²) in [5.74, 6) is 0. The summed E-state index contributed by atoms with van der Waals surface area (Å²) in [6.07, 6.45) is 3.41. The molecule has 0 N–H and O–H groups in total. The van der Waals surface area contributed by atoms with Crippen LogP contribution >= 0.6 is 0 Å². The van der Waals surface area contributed by atoms with E-state index in [-0.39, 0.29) is 0 Å². The van der Waals surface area contributed by atoms with E-state index in [0.717, 1.165) is 29.1 Å². The van der Waals surface area contributed by atoms with Crippen LogP contribution in [0.15, 0.2) is 54.3 Å². The molecule has 5 heteroatoms. The topological polar surface area (TPSA) is 12.5 Å². The van der Waals surface area contributed by atoms with Crippen molar-refractivity contribution in [2.45, 2.75) is 26.9 Å². The third kappa shape index (κ3) is 5.27. The maximum absolute atomic E-state index is 12.8. The first-order valence-electron chi connectivity index (χ1n) is 7.78. The summed E-state index contributed by atoms with van der Waals surface area (Å²) in [5, 5.41) is 0. The highest BCUT2D eigenvalue weighted by Gasteiger charge is 2.30. The lowest BCUT2D eigenvalue weighted by molar-refractivity contribution is -0.137. The molecule has 0 fully saturated rings. The molecule has 0 radical (unpaired) electrons. The Hall–Kier alpha value is -2.01. The molecule has 0 saturated heterocycles. The van der Waals surface area contributed by atoms with Gasteiger partial charge in [-0.3, -0.25) is 0 Å². The minimum Gasteiger partial charge on any atom is -0.383 e. The van der Waals surface area contributed by atoms with Crippen LogP contribution in [0.4, 0.5) is 13.2 Å². The van der Waals surface area contributed by atoms with Crippen LogP contribution < -0.4 is 0 Å². The Morgan fingerprint density at radius 2 is 1.71 bits per heavy atom. The van der Waals surface area contributed by atoms with Crippen LogP contribution in [-0.4, -0.2) is 25.2 Å². The molecular weight excluding hydrogens is 315 g/mol. The standard InChI is InChI=1S/C19H24F3NO/c1-5-8-17(6-2)23(13-14-24-4)18(7-3)15-9-11-16(12-10-15)19(20,21)22/h5-12H,13-14H2,1-4H3/b8-5-,17-6-,18-7-. The molecule has 1 aromatic carbocycles. The normalized spacial score (nSPS) is 13.6. The van der Waals surface area contributed by atoms with Crippen LogP contribution in [0.25, 0.3) is 5.70 Å². The highest BCUT2D eigenvalue weighted by atomic mass is 19.4. The number of nitrogens with zero attached hydrogens (tertiary/aromatic N) is 1. The van der Waals surface area contributed by atoms with E-state index >= 15 is 0 Å². The average Bonchev–Trinajstić information content (AvgIpc) is 2.56. The fraction of sp³-hybridized carbons (Fsp3) is 0.368. The maximum Gasteiger partial charge on any atom is 0.416 e. The molecule has 0 unspecified atom stereocenters. The molecule has 132 valence electrons. The second-order valence-electron chi connectivity index (χ2n) is 5.11. The molecule has 0 aliphatic heterocycles. The average molecular weight is 339 g/mol. The van der Waals surface area contributed by atoms with E-state index in [1.807, 2.05) is 50.0 Å². The molecule has 0 atom stereocenters. The molecule has 0 aromatic heterocycles. The maximum atomic E-state index is 12.8. The number of rotatable bonds is 7. The molecule has 0 aliphatic carbocycles. The van der Waals surface area contributed by atoms with E-state index < -0.39 is 11.7 Å². The summed E-state index contributed by atoms with van der Waals surface area (Å²) in [6.45, 7) is 6.82. The Labute approximate surface area is 141 Å². The minimum absolute atomic E-state index is 0.507. The van der Waals surface area contributed by atoms with Gasteiger partial charge in [0, 0.05) is 25.0 Å². The van der Waals surface area contributed by atoms with Crippen molar-refractivity contribution in [1.29, 1.82) is 0 Å². The van der Waals surface area contributed by atoms with Crippen molar-refractivity contribution in [2.75, 3.05) is 20.3 Å². The Bertz CT molecular complexity index is 598. The number of hydrogen-bond donors (Lipinski definition) is 0. The molecular formula is C19H24F3NO. The van der Waals surface area contributed by atoms with Crippen molar-refractivity contribution < 1.29 is 17.9 Å². The van der Waals surface area contributed by atoms with Gasteiger partial charge in [-0.05, 0) is 44.5 Å². The lowest BCUT2D eigenvalue weighted by Crippen LogP contribution is -2.25. The van der Waals surface area contributed by atoms with Crippen LogP contribution in [-0.2, 0) is 10.9 Å². The summed E-state index contributed by atoms with van der Waals surface area (Å²) in [6, 6.07) is 5.22. The second kappa shape index (κ2) is 9.33. The first kappa shape index (κ1) is 20.0. The van der Waals surface area contributed by atoms with Gasteiger partial charge in [-0.2, -0.15) is 13.2 Å². The van der Waals surface area contributed by atoms with E-state index in [1.165, 1.54) is 12.1 Å². The number of benzene rings is 1. The molecule has 1 rings (SSSR count). The number of hydrogen-bond acceptors (Lipinski definition) is 2. The van der Waals surface area contributed by atoms with Gasteiger partial charge in [0.15, 0.2) is 0 Å². The highest BCUT2D eigenvalue weighted by molar-refractivity contribution is 5.66. The first-order chi connectivity index (χ1) is 11.4. The summed E-state index contributed by atoms with van der Waals surface area (Å²) < 4.78 is 43.4. The van der Waals surface area contributed by atoms with E-state index in [2.05, 4.69) is 0 Å². The van der Waals surface area contributed by atoms with Crippen molar-refractivity contribution in [2.24, 2.45) is 0 Å². The van der Waals surface area contributed by atoms with E-state index in [9.17, 15) is 13.2 Å². The van der Waals surface area contributed by atoms with Crippen molar-refractivity contribution >= 4 is 5.70 Å². The fourth-order valence-electron chi connectivity index (χ4n) is 2.39. The van der Waals surface area contributed by atoms with Gasteiger partial charge >= 0.3 is 6.18 Å². The van der Waals surface area contributed by atoms with Gasteiger partial charge in [0.05, 0.1) is 12.2 Å². The van der Waals surface area contributed by atoms with E-state index in [4.69, 9.17) is 4.74 Å². The quantitative estimate of drug-likeness (QED) is 0.609. The van der Waals surface area contributed by atoms with Crippen molar-refractivity contribution in [1.82, 2.24) is 4.90 Å². The molecule has 0 bridgehead atoms. The van der Waals surface area contributed by atoms with Gasteiger partial charge in [-0.25, -0.2) is 0 Å². The summed E-state index contributed by atoms with van der Waals surface area (Å²) in [4.78, 5) is 2.03. The molecule has 1 aromatic rings. The van der Waals surface area contributed by atoms with Gasteiger partial charge in [0.1, 0.15) is 0 Å². The molecule has 0 heterocycles. The smallest absolute Gasteiger partial charge is 0.383 e. The third-order valence-corrected chi connectivity index (χ3v) is 3.54. The van der Waals surface area contributed by atoms with Crippen LogP contribution in [0.5, 0.6) is 0 Å². The molecule has 0 saturated carbocycles. The number of allylic oxidation sites excluding steroid dienone is 4. The van der Waals surface area contributed by atoms with Gasteiger partial charge in [-0.15, -0.1) is 0 Å². The second-order valence-corrected chi connectivity index (χ2v) is 5.11. The predicted molar refractivity (Wildman–Crippen MR) is 92.2 cm³/mol. The zero-order valence-electron chi connectivity index (χ0n) is 14.5. The van der Waals surface area contributed by atoms with Gasteiger partial charge < -0.3 is 9.64 Å². The molecule has 24 heavy (non-hydrogen) atoms. The molecule has 0 aliphatic rings. The number of alkyl halides is 3.